The van der Waals surface area contributed by atoms with Gasteiger partial charge in [-0.3, -0.25) is 4.79 Å². The molecule has 20 heavy (non-hydrogen) atoms. The third-order valence-corrected chi connectivity index (χ3v) is 3.83. The first-order valence-corrected chi connectivity index (χ1v) is 6.79. The Morgan fingerprint density at radius 1 is 1.10 bits per heavy atom. The number of carbonyl (C=O) groups is 1. The lowest BCUT2D eigenvalue weighted by atomic mass is 10.1. The van der Waals surface area contributed by atoms with Crippen LogP contribution in [0.25, 0.3) is 21.7 Å². The lowest BCUT2D eigenvalue weighted by Gasteiger charge is -2.08. The van der Waals surface area contributed by atoms with Crippen LogP contribution in [-0.2, 0) is 4.79 Å². The van der Waals surface area contributed by atoms with E-state index in [2.05, 4.69) is 21.2 Å². The highest BCUT2D eigenvalue weighted by molar-refractivity contribution is 9.10. The molecular formula is C15H10BrNO3. The van der Waals surface area contributed by atoms with Crippen molar-refractivity contribution in [2.75, 3.05) is 5.32 Å². The van der Waals surface area contributed by atoms with Crippen molar-refractivity contribution in [2.45, 2.75) is 6.92 Å². The molecule has 5 heteroatoms. The molecule has 0 spiro atoms. The van der Waals surface area contributed by atoms with Crippen LogP contribution in [0.3, 0.4) is 0 Å². The first-order valence-electron chi connectivity index (χ1n) is 5.99. The highest BCUT2D eigenvalue weighted by Crippen LogP contribution is 2.33. The van der Waals surface area contributed by atoms with Crippen LogP contribution in [-0.4, -0.2) is 5.91 Å². The maximum atomic E-state index is 12.0. The minimum atomic E-state index is -0.395. The second-order valence-corrected chi connectivity index (χ2v) is 5.21. The molecule has 0 bridgehead atoms. The summed E-state index contributed by atoms with van der Waals surface area (Å²) in [5.41, 5.74) is 0.608. The Morgan fingerprint density at radius 2 is 1.80 bits per heavy atom. The Hall–Kier alpha value is -2.14. The summed E-state index contributed by atoms with van der Waals surface area (Å²) in [5, 5.41) is 4.87. The summed E-state index contributed by atoms with van der Waals surface area (Å²) in [6.45, 7) is 1.42. The summed E-state index contributed by atoms with van der Waals surface area (Å²) in [4.78, 5) is 23.2. The summed E-state index contributed by atoms with van der Waals surface area (Å²) in [6, 6.07) is 10.9. The maximum Gasteiger partial charge on any atom is 0.344 e. The summed E-state index contributed by atoms with van der Waals surface area (Å²) < 4.78 is 5.94. The summed E-state index contributed by atoms with van der Waals surface area (Å²) >= 11 is 3.38. The molecule has 1 amide bonds. The number of rotatable bonds is 1. The van der Waals surface area contributed by atoms with Crippen molar-refractivity contribution in [1.29, 1.82) is 0 Å². The zero-order valence-corrected chi connectivity index (χ0v) is 12.2. The van der Waals surface area contributed by atoms with Crippen LogP contribution in [0.15, 0.2) is 50.1 Å². The summed E-state index contributed by atoms with van der Waals surface area (Å²) in [6.07, 6.45) is 0. The number of hydrogen-bond acceptors (Lipinski definition) is 3. The van der Waals surface area contributed by atoms with E-state index in [4.69, 9.17) is 4.42 Å². The van der Waals surface area contributed by atoms with Crippen LogP contribution in [0, 0.1) is 0 Å². The van der Waals surface area contributed by atoms with Gasteiger partial charge in [0.15, 0.2) is 5.58 Å². The van der Waals surface area contributed by atoms with Gasteiger partial charge in [-0.05, 0) is 39.5 Å². The first-order chi connectivity index (χ1) is 9.58. The number of anilines is 1. The van der Waals surface area contributed by atoms with Gasteiger partial charge in [-0.2, -0.15) is 0 Å². The average molecular weight is 332 g/mol. The largest absolute Gasteiger partial charge is 0.421 e. The predicted octanol–water partition coefficient (Wildman–Crippen LogP) is 3.67. The molecule has 0 saturated heterocycles. The molecule has 2 aromatic carbocycles. The van der Waals surface area contributed by atoms with Crippen molar-refractivity contribution in [3.8, 4) is 0 Å². The summed E-state index contributed by atoms with van der Waals surface area (Å²) in [7, 11) is 0. The van der Waals surface area contributed by atoms with Gasteiger partial charge in [0.05, 0.1) is 15.5 Å². The Morgan fingerprint density at radius 3 is 2.50 bits per heavy atom. The molecule has 3 rings (SSSR count). The molecular weight excluding hydrogens is 322 g/mol. The SMILES string of the molecule is CC(=O)Nc1ccc2c(oc(=O)c3ccccc32)c1Br. The van der Waals surface area contributed by atoms with Crippen molar-refractivity contribution in [3.63, 3.8) is 0 Å². The quantitative estimate of drug-likeness (QED) is 0.546. The van der Waals surface area contributed by atoms with E-state index in [0.717, 1.165) is 10.8 Å². The minimum Gasteiger partial charge on any atom is -0.421 e. The second kappa shape index (κ2) is 4.76. The molecule has 0 aliphatic heterocycles. The number of carbonyl (C=O) groups excluding carboxylic acids is 1. The highest BCUT2D eigenvalue weighted by atomic mass is 79.9. The van der Waals surface area contributed by atoms with Gasteiger partial charge in [-0.1, -0.05) is 18.2 Å². The Balaban J connectivity index is 2.42. The fraction of sp³-hybridized carbons (Fsp3) is 0.0667. The van der Waals surface area contributed by atoms with E-state index in [1.54, 1.807) is 18.2 Å². The molecule has 1 heterocycles. The maximum absolute atomic E-state index is 12.0. The van der Waals surface area contributed by atoms with Gasteiger partial charge < -0.3 is 9.73 Å². The van der Waals surface area contributed by atoms with Crippen LogP contribution in [0.1, 0.15) is 6.92 Å². The Kier molecular flexibility index (Phi) is 3.06. The fourth-order valence-corrected chi connectivity index (χ4v) is 2.72. The molecule has 1 aromatic heterocycles. The molecule has 1 N–H and O–H groups in total. The monoisotopic (exact) mass is 331 g/mol. The van der Waals surface area contributed by atoms with Gasteiger partial charge in [0.1, 0.15) is 0 Å². The van der Waals surface area contributed by atoms with Gasteiger partial charge in [-0.15, -0.1) is 0 Å². The molecule has 4 nitrogen and oxygen atoms in total. The first kappa shape index (κ1) is 12.9. The van der Waals surface area contributed by atoms with E-state index < -0.39 is 5.63 Å². The van der Waals surface area contributed by atoms with Gasteiger partial charge >= 0.3 is 5.63 Å². The van der Waals surface area contributed by atoms with Gasteiger partial charge in [0.2, 0.25) is 5.91 Å². The molecule has 100 valence electrons. The Bertz CT molecular complexity index is 899. The smallest absolute Gasteiger partial charge is 0.344 e. The van der Waals surface area contributed by atoms with Crippen molar-refractivity contribution >= 4 is 49.3 Å². The highest BCUT2D eigenvalue weighted by Gasteiger charge is 2.13. The van der Waals surface area contributed by atoms with Crippen LogP contribution in [0.4, 0.5) is 5.69 Å². The van der Waals surface area contributed by atoms with Crippen molar-refractivity contribution in [2.24, 2.45) is 0 Å². The normalized spacial score (nSPS) is 10.9. The topological polar surface area (TPSA) is 59.3 Å². The molecule has 0 unspecified atom stereocenters. The zero-order valence-electron chi connectivity index (χ0n) is 10.6. The van der Waals surface area contributed by atoms with Crippen LogP contribution in [0.5, 0.6) is 0 Å². The fourth-order valence-electron chi connectivity index (χ4n) is 2.20. The molecule has 0 saturated carbocycles. The lowest BCUT2D eigenvalue weighted by molar-refractivity contribution is -0.114. The molecule has 0 aliphatic carbocycles. The molecule has 0 aliphatic rings. The van der Waals surface area contributed by atoms with E-state index in [1.807, 2.05) is 18.2 Å². The number of fused-ring (bicyclic) bond motifs is 3. The summed E-state index contributed by atoms with van der Waals surface area (Å²) in [5.74, 6) is -0.187. The average Bonchev–Trinajstić information content (AvgIpc) is 2.43. The third kappa shape index (κ3) is 2.00. The van der Waals surface area contributed by atoms with Gasteiger partial charge in [0.25, 0.3) is 0 Å². The third-order valence-electron chi connectivity index (χ3n) is 3.04. The van der Waals surface area contributed by atoms with Crippen LogP contribution >= 0.6 is 15.9 Å². The minimum absolute atomic E-state index is 0.187. The number of halogens is 1. The number of hydrogen-bond donors (Lipinski definition) is 1. The van der Waals surface area contributed by atoms with E-state index >= 15 is 0 Å². The van der Waals surface area contributed by atoms with Crippen molar-refractivity contribution in [1.82, 2.24) is 0 Å². The van der Waals surface area contributed by atoms with Crippen LogP contribution < -0.4 is 10.9 Å². The van der Waals surface area contributed by atoms with Crippen molar-refractivity contribution < 1.29 is 9.21 Å². The van der Waals surface area contributed by atoms with E-state index in [-0.39, 0.29) is 5.91 Å². The zero-order chi connectivity index (χ0) is 14.3. The molecule has 0 radical (unpaired) electrons. The second-order valence-electron chi connectivity index (χ2n) is 4.42. The van der Waals surface area contributed by atoms with Crippen LogP contribution in [0.2, 0.25) is 0 Å². The lowest BCUT2D eigenvalue weighted by Crippen LogP contribution is -2.07. The molecule has 3 aromatic rings. The predicted molar refractivity (Wildman–Crippen MR) is 82.0 cm³/mol. The van der Waals surface area contributed by atoms with E-state index in [1.165, 1.54) is 6.92 Å². The number of nitrogens with one attached hydrogen (secondary N) is 1. The van der Waals surface area contributed by atoms with E-state index in [0.29, 0.717) is 21.1 Å². The van der Waals surface area contributed by atoms with E-state index in [9.17, 15) is 9.59 Å². The van der Waals surface area contributed by atoms with Gasteiger partial charge in [0, 0.05) is 12.3 Å². The molecule has 0 atom stereocenters. The Labute approximate surface area is 122 Å². The molecule has 0 fully saturated rings. The van der Waals surface area contributed by atoms with Gasteiger partial charge in [-0.25, -0.2) is 4.79 Å². The standard InChI is InChI=1S/C15H10BrNO3/c1-8(18)17-12-7-6-10-9-4-2-3-5-11(9)15(19)20-14(10)13(12)16/h2-7H,1H3,(H,17,18). The van der Waals surface area contributed by atoms with Crippen molar-refractivity contribution in [3.05, 3.63) is 51.3 Å². The number of amides is 1. The number of benzene rings is 2.